The molecule has 7 heteroatoms. The molecule has 23 heavy (non-hydrogen) atoms. The Morgan fingerprint density at radius 1 is 1.39 bits per heavy atom. The molecule has 3 aromatic heterocycles. The first kappa shape index (κ1) is 14.6. The monoisotopic (exact) mass is 329 g/mol. The van der Waals surface area contributed by atoms with Crippen molar-refractivity contribution in [2.24, 2.45) is 0 Å². The second kappa shape index (κ2) is 5.90. The van der Waals surface area contributed by atoms with Crippen molar-refractivity contribution in [2.45, 2.75) is 32.2 Å². The molecule has 0 atom stereocenters. The van der Waals surface area contributed by atoms with E-state index in [2.05, 4.69) is 26.1 Å². The van der Waals surface area contributed by atoms with E-state index in [4.69, 9.17) is 0 Å². The summed E-state index contributed by atoms with van der Waals surface area (Å²) in [6.07, 6.45) is 4.04. The van der Waals surface area contributed by atoms with E-state index >= 15 is 0 Å². The molecule has 1 N–H and O–H groups in total. The van der Waals surface area contributed by atoms with Gasteiger partial charge in [-0.3, -0.25) is 19.2 Å². The van der Waals surface area contributed by atoms with Crippen molar-refractivity contribution in [2.75, 3.05) is 13.1 Å². The maximum Gasteiger partial charge on any atom is 0.259 e. The molecule has 1 aliphatic rings. The molecule has 1 saturated heterocycles. The van der Waals surface area contributed by atoms with Crippen LogP contribution in [-0.2, 0) is 6.54 Å². The maximum absolute atomic E-state index is 12.2. The third-order valence-electron chi connectivity index (χ3n) is 4.56. The van der Waals surface area contributed by atoms with E-state index in [1.165, 1.54) is 17.0 Å². The predicted octanol–water partition coefficient (Wildman–Crippen LogP) is 2.17. The number of aromatic amines is 1. The Hall–Kier alpha value is -1.99. The molecule has 120 valence electrons. The van der Waals surface area contributed by atoms with Crippen molar-refractivity contribution in [3.05, 3.63) is 51.1 Å². The van der Waals surface area contributed by atoms with Gasteiger partial charge < -0.3 is 0 Å². The number of likely N-dealkylation sites (tertiary alicyclic amines) is 1. The summed E-state index contributed by atoms with van der Waals surface area (Å²) in [6, 6.07) is 3.74. The number of hydrogen-bond acceptors (Lipinski definition) is 5. The van der Waals surface area contributed by atoms with Gasteiger partial charge in [0.15, 0.2) is 4.96 Å². The van der Waals surface area contributed by atoms with E-state index < -0.39 is 0 Å². The zero-order valence-electron chi connectivity index (χ0n) is 13.0. The predicted molar refractivity (Wildman–Crippen MR) is 89.9 cm³/mol. The average molecular weight is 329 g/mol. The molecule has 0 aromatic carbocycles. The quantitative estimate of drug-likeness (QED) is 0.800. The first-order valence-corrected chi connectivity index (χ1v) is 8.77. The highest BCUT2D eigenvalue weighted by molar-refractivity contribution is 7.15. The van der Waals surface area contributed by atoms with Crippen molar-refractivity contribution in [3.63, 3.8) is 0 Å². The molecule has 3 aromatic rings. The summed E-state index contributed by atoms with van der Waals surface area (Å²) in [4.78, 5) is 20.0. The standard InChI is InChI=1S/C16H19N5OS/c1-11-10-23-16-18-13(8-15(22)21(11)16)9-20-6-3-12(4-7-20)14-2-5-17-19-14/h2,5,8,10,12H,3-4,6-7,9H2,1H3,(H,17,19). The number of H-pyrrole nitrogens is 1. The molecule has 6 nitrogen and oxygen atoms in total. The van der Waals surface area contributed by atoms with Crippen LogP contribution in [0, 0.1) is 6.92 Å². The van der Waals surface area contributed by atoms with E-state index in [-0.39, 0.29) is 5.56 Å². The summed E-state index contributed by atoms with van der Waals surface area (Å²) in [6.45, 7) is 4.73. The van der Waals surface area contributed by atoms with Crippen molar-refractivity contribution in [3.8, 4) is 0 Å². The second-order valence-electron chi connectivity index (χ2n) is 6.14. The maximum atomic E-state index is 12.2. The normalized spacial score (nSPS) is 17.1. The largest absolute Gasteiger partial charge is 0.297 e. The van der Waals surface area contributed by atoms with E-state index in [9.17, 15) is 4.79 Å². The van der Waals surface area contributed by atoms with E-state index in [1.54, 1.807) is 10.5 Å². The lowest BCUT2D eigenvalue weighted by Gasteiger charge is -2.31. The highest BCUT2D eigenvalue weighted by Crippen LogP contribution is 2.26. The topological polar surface area (TPSA) is 66.3 Å². The van der Waals surface area contributed by atoms with Gasteiger partial charge in [0.1, 0.15) is 0 Å². The number of nitrogens with zero attached hydrogens (tertiary/aromatic N) is 4. The van der Waals surface area contributed by atoms with Crippen molar-refractivity contribution < 1.29 is 0 Å². The number of piperidine rings is 1. The Kier molecular flexibility index (Phi) is 3.74. The smallest absolute Gasteiger partial charge is 0.259 e. The molecule has 0 bridgehead atoms. The third kappa shape index (κ3) is 2.82. The highest BCUT2D eigenvalue weighted by Gasteiger charge is 2.22. The lowest BCUT2D eigenvalue weighted by Crippen LogP contribution is -2.33. The van der Waals surface area contributed by atoms with Gasteiger partial charge in [-0.1, -0.05) is 0 Å². The van der Waals surface area contributed by atoms with Crippen LogP contribution < -0.4 is 5.56 Å². The lowest BCUT2D eigenvalue weighted by atomic mass is 9.93. The van der Waals surface area contributed by atoms with Gasteiger partial charge in [-0.05, 0) is 38.9 Å². The van der Waals surface area contributed by atoms with Gasteiger partial charge in [0, 0.05) is 41.5 Å². The lowest BCUT2D eigenvalue weighted by molar-refractivity contribution is 0.201. The Bertz CT molecular complexity index is 858. The number of fused-ring (bicyclic) bond motifs is 1. The Morgan fingerprint density at radius 3 is 2.96 bits per heavy atom. The van der Waals surface area contributed by atoms with Crippen LogP contribution in [0.1, 0.15) is 35.8 Å². The zero-order valence-corrected chi connectivity index (χ0v) is 13.8. The van der Waals surface area contributed by atoms with Crippen LogP contribution in [0.5, 0.6) is 0 Å². The Morgan fingerprint density at radius 2 is 2.22 bits per heavy atom. The third-order valence-corrected chi connectivity index (χ3v) is 5.51. The first-order valence-electron chi connectivity index (χ1n) is 7.89. The highest BCUT2D eigenvalue weighted by atomic mass is 32.1. The van der Waals surface area contributed by atoms with Crippen LogP contribution in [0.3, 0.4) is 0 Å². The first-order chi connectivity index (χ1) is 11.2. The number of hydrogen-bond donors (Lipinski definition) is 1. The van der Waals surface area contributed by atoms with Crippen molar-refractivity contribution in [1.82, 2.24) is 24.5 Å². The summed E-state index contributed by atoms with van der Waals surface area (Å²) in [5.74, 6) is 0.565. The summed E-state index contributed by atoms with van der Waals surface area (Å²) >= 11 is 1.53. The van der Waals surface area contributed by atoms with E-state index in [1.807, 2.05) is 18.5 Å². The molecule has 0 radical (unpaired) electrons. The molecule has 1 aliphatic heterocycles. The van der Waals surface area contributed by atoms with Crippen molar-refractivity contribution in [1.29, 1.82) is 0 Å². The second-order valence-corrected chi connectivity index (χ2v) is 6.98. The van der Waals surface area contributed by atoms with Gasteiger partial charge in [0.25, 0.3) is 5.56 Å². The fraction of sp³-hybridized carbons (Fsp3) is 0.438. The molecule has 4 heterocycles. The fourth-order valence-electron chi connectivity index (χ4n) is 3.31. The van der Waals surface area contributed by atoms with Gasteiger partial charge in [0.2, 0.25) is 0 Å². The summed E-state index contributed by atoms with van der Waals surface area (Å²) < 4.78 is 1.68. The van der Waals surface area contributed by atoms with Crippen LogP contribution in [0.4, 0.5) is 0 Å². The Balaban J connectivity index is 1.46. The summed E-state index contributed by atoms with van der Waals surface area (Å²) in [5.41, 5.74) is 3.08. The average Bonchev–Trinajstić information content (AvgIpc) is 3.18. The van der Waals surface area contributed by atoms with Gasteiger partial charge >= 0.3 is 0 Å². The number of nitrogens with one attached hydrogen (secondary N) is 1. The minimum atomic E-state index is 0.0242. The number of aryl methyl sites for hydroxylation is 1. The van der Waals surface area contributed by atoms with E-state index in [0.717, 1.165) is 48.8 Å². The van der Waals surface area contributed by atoms with Crippen LogP contribution >= 0.6 is 11.3 Å². The minimum Gasteiger partial charge on any atom is -0.297 e. The van der Waals surface area contributed by atoms with Gasteiger partial charge in [-0.2, -0.15) is 5.10 Å². The molecule has 0 aliphatic carbocycles. The van der Waals surface area contributed by atoms with Gasteiger partial charge in [-0.25, -0.2) is 4.98 Å². The molecule has 4 rings (SSSR count). The van der Waals surface area contributed by atoms with Crippen LogP contribution in [0.2, 0.25) is 0 Å². The molecular weight excluding hydrogens is 310 g/mol. The van der Waals surface area contributed by atoms with Gasteiger partial charge in [0.05, 0.1) is 5.69 Å². The molecule has 0 unspecified atom stereocenters. The fourth-order valence-corrected chi connectivity index (χ4v) is 4.20. The molecule has 0 amide bonds. The van der Waals surface area contributed by atoms with Crippen LogP contribution in [-0.4, -0.2) is 37.6 Å². The van der Waals surface area contributed by atoms with Crippen molar-refractivity contribution >= 4 is 16.3 Å². The Labute approximate surface area is 137 Å². The zero-order chi connectivity index (χ0) is 15.8. The van der Waals surface area contributed by atoms with Gasteiger partial charge in [-0.15, -0.1) is 11.3 Å². The number of thiazole rings is 1. The van der Waals surface area contributed by atoms with Crippen LogP contribution in [0.15, 0.2) is 28.5 Å². The molecular formula is C16H19N5OS. The SMILES string of the molecule is Cc1csc2nc(CN3CCC(c4ccn[nH]4)CC3)cc(=O)n12. The molecule has 0 saturated carbocycles. The molecule has 1 fully saturated rings. The summed E-state index contributed by atoms with van der Waals surface area (Å²) in [5, 5.41) is 9.09. The molecule has 0 spiro atoms. The minimum absolute atomic E-state index is 0.0242. The number of rotatable bonds is 3. The van der Waals surface area contributed by atoms with Crippen LogP contribution in [0.25, 0.3) is 4.96 Å². The number of aromatic nitrogens is 4. The summed E-state index contributed by atoms with van der Waals surface area (Å²) in [7, 11) is 0. The van der Waals surface area contributed by atoms with E-state index in [0.29, 0.717) is 5.92 Å².